The summed E-state index contributed by atoms with van der Waals surface area (Å²) in [6, 6.07) is 18.3. The summed E-state index contributed by atoms with van der Waals surface area (Å²) < 4.78 is 9.62. The van der Waals surface area contributed by atoms with E-state index >= 15 is 0 Å². The Morgan fingerprint density at radius 2 is 1.76 bits per heavy atom. The molecule has 0 unspecified atom stereocenters. The molecule has 3 heterocycles. The zero-order chi connectivity index (χ0) is 20.0. The van der Waals surface area contributed by atoms with Crippen molar-refractivity contribution in [2.45, 2.75) is 26.8 Å². The Bertz CT molecular complexity index is 1370. The number of carbonyl (C=O) groups excluding carboxylic acids is 1. The Morgan fingerprint density at radius 3 is 2.55 bits per heavy atom. The summed E-state index contributed by atoms with van der Waals surface area (Å²) >= 11 is 0. The van der Waals surface area contributed by atoms with Crippen LogP contribution in [-0.4, -0.2) is 24.9 Å². The number of nitrogens with zero attached hydrogens (tertiary/aromatic N) is 4. The molecule has 0 saturated heterocycles. The Balaban J connectivity index is 1.73. The minimum absolute atomic E-state index is 0.359. The molecule has 0 spiro atoms. The van der Waals surface area contributed by atoms with E-state index < -0.39 is 0 Å². The second kappa shape index (κ2) is 6.74. The molecule has 144 valence electrons. The van der Waals surface area contributed by atoms with Crippen LogP contribution >= 0.6 is 0 Å². The van der Waals surface area contributed by atoms with E-state index in [2.05, 4.69) is 12.1 Å². The first kappa shape index (κ1) is 17.4. The third-order valence-corrected chi connectivity index (χ3v) is 5.13. The average molecular weight is 384 g/mol. The Labute approximate surface area is 167 Å². The Kier molecular flexibility index (Phi) is 4.05. The van der Waals surface area contributed by atoms with Crippen LogP contribution in [0.5, 0.6) is 5.75 Å². The lowest BCUT2D eigenvalue weighted by Crippen LogP contribution is -2.03. The van der Waals surface area contributed by atoms with Crippen LogP contribution in [0, 0.1) is 6.92 Å². The maximum Gasteiger partial charge on any atom is 0.308 e. The lowest BCUT2D eigenvalue weighted by Gasteiger charge is -2.07. The highest BCUT2D eigenvalue weighted by atomic mass is 16.5. The average Bonchev–Trinajstić information content (AvgIpc) is 3.25. The predicted octanol–water partition coefficient (Wildman–Crippen LogP) is 4.31. The quantitative estimate of drug-likeness (QED) is 0.433. The molecule has 0 saturated carbocycles. The molecule has 0 radical (unpaired) electrons. The molecular formula is C23H20N4O2. The second-order valence-corrected chi connectivity index (χ2v) is 7.13. The van der Waals surface area contributed by atoms with Crippen molar-refractivity contribution in [2.24, 2.45) is 0 Å². The van der Waals surface area contributed by atoms with Crippen LogP contribution < -0.4 is 4.74 Å². The number of benzene rings is 2. The zero-order valence-electron chi connectivity index (χ0n) is 16.3. The molecule has 2 aromatic carbocycles. The highest BCUT2D eigenvalue weighted by molar-refractivity contribution is 6.00. The number of aromatic nitrogens is 4. The summed E-state index contributed by atoms with van der Waals surface area (Å²) in [5.41, 5.74) is 4.64. The zero-order valence-corrected chi connectivity index (χ0v) is 16.3. The summed E-state index contributed by atoms with van der Waals surface area (Å²) in [6.07, 6.45) is 2.72. The van der Waals surface area contributed by atoms with Gasteiger partial charge in [0.15, 0.2) is 11.4 Å². The lowest BCUT2D eigenvalue weighted by molar-refractivity contribution is -0.131. The summed E-state index contributed by atoms with van der Waals surface area (Å²) in [5, 5.41) is 0.759. The van der Waals surface area contributed by atoms with Gasteiger partial charge in [0.05, 0.1) is 11.0 Å². The van der Waals surface area contributed by atoms with Crippen LogP contribution in [-0.2, 0) is 17.8 Å². The molecule has 6 nitrogen and oxygen atoms in total. The van der Waals surface area contributed by atoms with Gasteiger partial charge in [-0.25, -0.2) is 9.97 Å². The van der Waals surface area contributed by atoms with Crippen molar-refractivity contribution in [3.63, 3.8) is 0 Å². The number of rotatable bonds is 4. The van der Waals surface area contributed by atoms with Crippen LogP contribution in [0.2, 0.25) is 0 Å². The van der Waals surface area contributed by atoms with Gasteiger partial charge in [-0.05, 0) is 31.0 Å². The molecule has 5 aromatic rings. The molecule has 6 heteroatoms. The highest BCUT2D eigenvalue weighted by Crippen LogP contribution is 2.33. The molecular weight excluding hydrogens is 364 g/mol. The standard InChI is InChI=1S/C23H20N4O2/c1-15-24-22-21(23-25-18-10-6-7-11-19(18)27(15)23)20(29-16(2)28)14-26(22)13-12-17-8-4-3-5-9-17/h3-11,14H,12-13H2,1-2H3. The van der Waals surface area contributed by atoms with Crippen LogP contribution in [0.4, 0.5) is 0 Å². The minimum atomic E-state index is -0.359. The SMILES string of the molecule is CC(=O)Oc1cn(CCc2ccccc2)c2nc(C)n3c4ccccc4nc3c12. The van der Waals surface area contributed by atoms with E-state index in [1.807, 2.05) is 64.6 Å². The first-order valence-electron chi connectivity index (χ1n) is 9.61. The number of ether oxygens (including phenoxy) is 1. The molecule has 29 heavy (non-hydrogen) atoms. The third-order valence-electron chi connectivity index (χ3n) is 5.13. The Hall–Kier alpha value is -3.67. The smallest absolute Gasteiger partial charge is 0.308 e. The van der Waals surface area contributed by atoms with Crippen LogP contribution in [0.1, 0.15) is 18.3 Å². The molecule has 0 aliphatic carbocycles. The summed E-state index contributed by atoms with van der Waals surface area (Å²) in [7, 11) is 0. The number of esters is 1. The first-order chi connectivity index (χ1) is 14.1. The molecule has 5 rings (SSSR count). The van der Waals surface area contributed by atoms with Crippen LogP contribution in [0.15, 0.2) is 60.8 Å². The van der Waals surface area contributed by atoms with E-state index in [0.717, 1.165) is 46.5 Å². The maximum absolute atomic E-state index is 11.7. The van der Waals surface area contributed by atoms with Crippen molar-refractivity contribution in [3.8, 4) is 5.75 Å². The Morgan fingerprint density at radius 1 is 1.00 bits per heavy atom. The van der Waals surface area contributed by atoms with Gasteiger partial charge in [0.1, 0.15) is 16.9 Å². The van der Waals surface area contributed by atoms with Gasteiger partial charge in [-0.3, -0.25) is 9.20 Å². The normalized spacial score (nSPS) is 11.5. The van der Waals surface area contributed by atoms with Gasteiger partial charge in [-0.2, -0.15) is 0 Å². The molecule has 0 amide bonds. The molecule has 3 aromatic heterocycles. The van der Waals surface area contributed by atoms with Crippen LogP contribution in [0.3, 0.4) is 0 Å². The number of carbonyl (C=O) groups is 1. The largest absolute Gasteiger partial charge is 0.424 e. The van der Waals surface area contributed by atoms with Crippen molar-refractivity contribution in [1.29, 1.82) is 0 Å². The van der Waals surface area contributed by atoms with Crippen molar-refractivity contribution < 1.29 is 9.53 Å². The number of imidazole rings is 1. The van der Waals surface area contributed by atoms with E-state index in [0.29, 0.717) is 5.75 Å². The summed E-state index contributed by atoms with van der Waals surface area (Å²) in [6.45, 7) is 4.11. The summed E-state index contributed by atoms with van der Waals surface area (Å²) in [4.78, 5) is 21.4. The fourth-order valence-electron chi connectivity index (χ4n) is 3.87. The number of aryl methyl sites for hydroxylation is 3. The van der Waals surface area contributed by atoms with Gasteiger partial charge in [0.2, 0.25) is 0 Å². The highest BCUT2D eigenvalue weighted by Gasteiger charge is 2.20. The molecule has 0 N–H and O–H groups in total. The number of hydrogen-bond acceptors (Lipinski definition) is 4. The molecule has 0 aliphatic rings. The van der Waals surface area contributed by atoms with Crippen molar-refractivity contribution in [2.75, 3.05) is 0 Å². The fraction of sp³-hybridized carbons (Fsp3) is 0.174. The molecule has 0 bridgehead atoms. The maximum atomic E-state index is 11.7. The van der Waals surface area contributed by atoms with E-state index in [1.54, 1.807) is 0 Å². The van der Waals surface area contributed by atoms with Gasteiger partial charge in [-0.15, -0.1) is 0 Å². The van der Waals surface area contributed by atoms with E-state index in [4.69, 9.17) is 14.7 Å². The molecule has 0 aliphatic heterocycles. The number of para-hydroxylation sites is 2. The second-order valence-electron chi connectivity index (χ2n) is 7.13. The first-order valence-corrected chi connectivity index (χ1v) is 9.61. The predicted molar refractivity (Wildman–Crippen MR) is 112 cm³/mol. The van der Waals surface area contributed by atoms with Gasteiger partial charge >= 0.3 is 5.97 Å². The molecule has 0 atom stereocenters. The monoisotopic (exact) mass is 384 g/mol. The van der Waals surface area contributed by atoms with Crippen LogP contribution in [0.25, 0.3) is 27.7 Å². The van der Waals surface area contributed by atoms with Gasteiger partial charge in [0.25, 0.3) is 0 Å². The van der Waals surface area contributed by atoms with Crippen molar-refractivity contribution in [3.05, 3.63) is 72.2 Å². The lowest BCUT2D eigenvalue weighted by atomic mass is 10.1. The minimum Gasteiger partial charge on any atom is -0.424 e. The van der Waals surface area contributed by atoms with E-state index in [1.165, 1.54) is 12.5 Å². The van der Waals surface area contributed by atoms with E-state index in [-0.39, 0.29) is 5.97 Å². The molecule has 0 fully saturated rings. The van der Waals surface area contributed by atoms with Crippen molar-refractivity contribution in [1.82, 2.24) is 18.9 Å². The number of hydrogen-bond donors (Lipinski definition) is 0. The fourth-order valence-corrected chi connectivity index (χ4v) is 3.87. The van der Waals surface area contributed by atoms with Gasteiger partial charge < -0.3 is 9.30 Å². The van der Waals surface area contributed by atoms with Gasteiger partial charge in [-0.1, -0.05) is 42.5 Å². The summed E-state index contributed by atoms with van der Waals surface area (Å²) in [5.74, 6) is 0.977. The van der Waals surface area contributed by atoms with Crippen molar-refractivity contribution >= 4 is 33.7 Å². The van der Waals surface area contributed by atoms with Gasteiger partial charge in [0, 0.05) is 19.7 Å². The van der Waals surface area contributed by atoms with E-state index in [9.17, 15) is 4.79 Å². The number of fused-ring (bicyclic) bond motifs is 5. The third kappa shape index (κ3) is 2.93. The topological polar surface area (TPSA) is 61.4 Å².